The van der Waals surface area contributed by atoms with Crippen LogP contribution < -0.4 is 4.74 Å². The molecule has 142 valence electrons. The lowest BCUT2D eigenvalue weighted by atomic mass is 9.73. The summed E-state index contributed by atoms with van der Waals surface area (Å²) in [6.07, 6.45) is 1.01. The number of hydrogen-bond donors (Lipinski definition) is 0. The van der Waals surface area contributed by atoms with E-state index in [-0.39, 0.29) is 16.2 Å². The van der Waals surface area contributed by atoms with Gasteiger partial charge in [0.25, 0.3) is 0 Å². The molecule has 0 heterocycles. The molecule has 2 aromatic rings. The van der Waals surface area contributed by atoms with Crippen LogP contribution in [-0.2, 0) is 22.7 Å². The minimum Gasteiger partial charge on any atom is -0.497 e. The molecule has 0 saturated heterocycles. The van der Waals surface area contributed by atoms with Crippen LogP contribution in [0.2, 0.25) is 0 Å². The fraction of sp³-hybridized carbons (Fsp3) is 0.520. The van der Waals surface area contributed by atoms with Gasteiger partial charge in [0.1, 0.15) is 5.75 Å². The monoisotopic (exact) mass is 352 g/mol. The molecule has 0 aromatic heterocycles. The van der Waals surface area contributed by atoms with Crippen LogP contribution in [0.25, 0.3) is 0 Å². The molecule has 0 aliphatic heterocycles. The van der Waals surface area contributed by atoms with E-state index in [1.807, 2.05) is 0 Å². The van der Waals surface area contributed by atoms with Gasteiger partial charge in [0, 0.05) is 0 Å². The molecular weight excluding hydrogens is 316 g/mol. The third-order valence-electron chi connectivity index (χ3n) is 5.25. The Labute approximate surface area is 160 Å². The largest absolute Gasteiger partial charge is 0.497 e. The first-order valence-corrected chi connectivity index (χ1v) is 9.62. The number of ether oxygens (including phenoxy) is 1. The summed E-state index contributed by atoms with van der Waals surface area (Å²) in [6.45, 7) is 18.5. The van der Waals surface area contributed by atoms with Gasteiger partial charge in [0.15, 0.2) is 0 Å². The average Bonchev–Trinajstić information content (AvgIpc) is 2.53. The lowest BCUT2D eigenvalue weighted by Gasteiger charge is -2.32. The SMILES string of the molecule is COc1ccc(CC(C)(C)c2cc(C(C)(C)C)cc(C(C)(C)C)c2)cc1. The highest BCUT2D eigenvalue weighted by molar-refractivity contribution is 5.41. The van der Waals surface area contributed by atoms with Crippen molar-refractivity contribution in [1.29, 1.82) is 0 Å². The van der Waals surface area contributed by atoms with Crippen LogP contribution in [-0.4, -0.2) is 7.11 Å². The minimum atomic E-state index is 0.0653. The first-order chi connectivity index (χ1) is 11.8. The van der Waals surface area contributed by atoms with Crippen molar-refractivity contribution < 1.29 is 4.74 Å². The Bertz CT molecular complexity index is 705. The molecule has 2 rings (SSSR count). The van der Waals surface area contributed by atoms with Crippen molar-refractivity contribution >= 4 is 0 Å². The van der Waals surface area contributed by atoms with Gasteiger partial charge in [-0.15, -0.1) is 0 Å². The van der Waals surface area contributed by atoms with Crippen molar-refractivity contribution in [2.45, 2.75) is 78.1 Å². The molecule has 0 saturated carbocycles. The summed E-state index contributed by atoms with van der Waals surface area (Å²) < 4.78 is 5.29. The van der Waals surface area contributed by atoms with Crippen LogP contribution in [0, 0.1) is 0 Å². The first-order valence-electron chi connectivity index (χ1n) is 9.62. The van der Waals surface area contributed by atoms with E-state index in [1.165, 1.54) is 22.3 Å². The summed E-state index contributed by atoms with van der Waals surface area (Å²) in [5, 5.41) is 0. The van der Waals surface area contributed by atoms with Crippen LogP contribution in [0.5, 0.6) is 5.75 Å². The summed E-state index contributed by atoms with van der Waals surface area (Å²) in [4.78, 5) is 0. The van der Waals surface area contributed by atoms with Crippen LogP contribution >= 0.6 is 0 Å². The molecule has 0 radical (unpaired) electrons. The van der Waals surface area contributed by atoms with E-state index in [0.717, 1.165) is 12.2 Å². The molecule has 2 aromatic carbocycles. The molecule has 26 heavy (non-hydrogen) atoms. The predicted molar refractivity (Wildman–Crippen MR) is 114 cm³/mol. The van der Waals surface area contributed by atoms with Crippen molar-refractivity contribution in [3.05, 3.63) is 64.7 Å². The van der Waals surface area contributed by atoms with E-state index >= 15 is 0 Å². The molecular formula is C25H36O. The van der Waals surface area contributed by atoms with Crippen molar-refractivity contribution in [3.8, 4) is 5.75 Å². The van der Waals surface area contributed by atoms with Gasteiger partial charge >= 0.3 is 0 Å². The molecule has 0 N–H and O–H groups in total. The van der Waals surface area contributed by atoms with E-state index in [9.17, 15) is 0 Å². The molecule has 0 fully saturated rings. The fourth-order valence-electron chi connectivity index (χ4n) is 3.24. The van der Waals surface area contributed by atoms with Crippen LogP contribution in [0.3, 0.4) is 0 Å². The summed E-state index contributed by atoms with van der Waals surface area (Å²) in [6, 6.07) is 15.7. The topological polar surface area (TPSA) is 9.23 Å². The van der Waals surface area contributed by atoms with Crippen molar-refractivity contribution in [1.82, 2.24) is 0 Å². The Morgan fingerprint density at radius 3 is 1.46 bits per heavy atom. The molecule has 1 nitrogen and oxygen atoms in total. The summed E-state index contributed by atoms with van der Waals surface area (Å²) in [5.41, 5.74) is 5.96. The van der Waals surface area contributed by atoms with E-state index < -0.39 is 0 Å². The van der Waals surface area contributed by atoms with Crippen molar-refractivity contribution in [2.24, 2.45) is 0 Å². The van der Waals surface area contributed by atoms with Crippen LogP contribution in [0.1, 0.15) is 77.6 Å². The maximum atomic E-state index is 5.29. The number of benzene rings is 2. The highest BCUT2D eigenvalue weighted by Gasteiger charge is 2.27. The van der Waals surface area contributed by atoms with Gasteiger partial charge in [-0.05, 0) is 57.1 Å². The Morgan fingerprint density at radius 2 is 1.08 bits per heavy atom. The fourth-order valence-corrected chi connectivity index (χ4v) is 3.24. The standard InChI is InChI=1S/C25H36O/c1-23(2,3)19-14-20(24(4,5)6)16-21(15-19)25(7,8)17-18-10-12-22(26-9)13-11-18/h10-16H,17H2,1-9H3. The molecule has 0 amide bonds. The Morgan fingerprint density at radius 1 is 0.654 bits per heavy atom. The lowest BCUT2D eigenvalue weighted by Crippen LogP contribution is -2.24. The maximum absolute atomic E-state index is 5.29. The zero-order chi connectivity index (χ0) is 19.8. The van der Waals surface area contributed by atoms with Gasteiger partial charge < -0.3 is 4.74 Å². The third kappa shape index (κ3) is 4.90. The first kappa shape index (κ1) is 20.6. The molecule has 0 atom stereocenters. The van der Waals surface area contributed by atoms with Gasteiger partial charge in [-0.1, -0.05) is 85.7 Å². The maximum Gasteiger partial charge on any atom is 0.118 e. The third-order valence-corrected chi connectivity index (χ3v) is 5.25. The van der Waals surface area contributed by atoms with Crippen LogP contribution in [0.15, 0.2) is 42.5 Å². The molecule has 0 unspecified atom stereocenters. The predicted octanol–water partition coefficient (Wildman–Crippen LogP) is 6.81. The highest BCUT2D eigenvalue weighted by atomic mass is 16.5. The highest BCUT2D eigenvalue weighted by Crippen LogP contribution is 2.36. The van der Waals surface area contributed by atoms with Gasteiger partial charge in [0.2, 0.25) is 0 Å². The molecule has 0 spiro atoms. The molecule has 0 aliphatic carbocycles. The Kier molecular flexibility index (Phi) is 5.61. The molecule has 1 heteroatoms. The van der Waals surface area contributed by atoms with Gasteiger partial charge in [-0.3, -0.25) is 0 Å². The second-order valence-corrected chi connectivity index (χ2v) is 10.2. The van der Waals surface area contributed by atoms with Crippen molar-refractivity contribution in [2.75, 3.05) is 7.11 Å². The second kappa shape index (κ2) is 7.10. The van der Waals surface area contributed by atoms with E-state index in [1.54, 1.807) is 7.11 Å². The van der Waals surface area contributed by atoms with Gasteiger partial charge in [-0.2, -0.15) is 0 Å². The van der Waals surface area contributed by atoms with E-state index in [2.05, 4.69) is 97.9 Å². The van der Waals surface area contributed by atoms with Gasteiger partial charge in [0.05, 0.1) is 7.11 Å². The zero-order valence-electron chi connectivity index (χ0n) is 18.2. The number of hydrogen-bond acceptors (Lipinski definition) is 1. The van der Waals surface area contributed by atoms with E-state index in [4.69, 9.17) is 4.74 Å². The van der Waals surface area contributed by atoms with E-state index in [0.29, 0.717) is 0 Å². The smallest absolute Gasteiger partial charge is 0.118 e. The van der Waals surface area contributed by atoms with Gasteiger partial charge in [-0.25, -0.2) is 0 Å². The Balaban J connectivity index is 2.46. The van der Waals surface area contributed by atoms with Crippen LogP contribution in [0.4, 0.5) is 0 Å². The minimum absolute atomic E-state index is 0.0653. The number of methoxy groups -OCH3 is 1. The quantitative estimate of drug-likeness (QED) is 0.587. The average molecular weight is 353 g/mol. The summed E-state index contributed by atoms with van der Waals surface area (Å²) in [5.74, 6) is 0.913. The lowest BCUT2D eigenvalue weighted by molar-refractivity contribution is 0.414. The molecule has 0 aliphatic rings. The number of rotatable bonds is 4. The summed E-state index contributed by atoms with van der Waals surface area (Å²) in [7, 11) is 1.71. The Hall–Kier alpha value is -1.76. The second-order valence-electron chi connectivity index (χ2n) is 10.2. The van der Waals surface area contributed by atoms with Crippen molar-refractivity contribution in [3.63, 3.8) is 0 Å². The summed E-state index contributed by atoms with van der Waals surface area (Å²) >= 11 is 0. The normalized spacial score (nSPS) is 13.0. The molecule has 0 bridgehead atoms. The zero-order valence-corrected chi connectivity index (χ0v) is 18.2.